The molecule has 2 N–H and O–H groups in total. The quantitative estimate of drug-likeness (QED) is 0.699. The van der Waals surface area contributed by atoms with Crippen molar-refractivity contribution in [3.63, 3.8) is 0 Å². The van der Waals surface area contributed by atoms with Crippen molar-refractivity contribution in [2.75, 3.05) is 5.73 Å². The van der Waals surface area contributed by atoms with Crippen LogP contribution in [0.25, 0.3) is 0 Å². The Morgan fingerprint density at radius 3 is 2.94 bits per heavy atom. The zero-order valence-electron chi connectivity index (χ0n) is 9.35. The number of halogens is 1. The molecule has 0 aliphatic heterocycles. The third-order valence-corrected chi connectivity index (χ3v) is 3.00. The molecule has 0 saturated carbocycles. The number of benzene rings is 1. The Labute approximate surface area is 108 Å². The molecule has 4 nitrogen and oxygen atoms in total. The first-order chi connectivity index (χ1) is 8.13. The third-order valence-electron chi connectivity index (χ3n) is 2.51. The minimum atomic E-state index is -0.108. The Bertz CT molecular complexity index is 563. The number of rotatable bonds is 3. The van der Waals surface area contributed by atoms with E-state index in [9.17, 15) is 4.79 Å². The number of aromatic nitrogens is 2. The van der Waals surface area contributed by atoms with Crippen molar-refractivity contribution < 1.29 is 4.79 Å². The van der Waals surface area contributed by atoms with Crippen LogP contribution in [0.15, 0.2) is 34.9 Å². The number of hydrogen-bond donors (Lipinski definition) is 1. The standard InChI is InChI=1S/C12H12BrN3O/c1-2-16-11(5-6-15-16)12(17)9-7-8(13)3-4-10(9)14/h3-7H,2,14H2,1H3. The molecule has 1 aromatic heterocycles. The summed E-state index contributed by atoms with van der Waals surface area (Å²) in [7, 11) is 0. The highest BCUT2D eigenvalue weighted by molar-refractivity contribution is 9.10. The van der Waals surface area contributed by atoms with Crippen LogP contribution in [0.1, 0.15) is 23.0 Å². The highest BCUT2D eigenvalue weighted by Crippen LogP contribution is 2.21. The summed E-state index contributed by atoms with van der Waals surface area (Å²) in [5.74, 6) is -0.108. The monoisotopic (exact) mass is 293 g/mol. The van der Waals surface area contributed by atoms with E-state index < -0.39 is 0 Å². The van der Waals surface area contributed by atoms with Crippen molar-refractivity contribution in [1.29, 1.82) is 0 Å². The van der Waals surface area contributed by atoms with Gasteiger partial charge in [0.25, 0.3) is 0 Å². The summed E-state index contributed by atoms with van der Waals surface area (Å²) in [4.78, 5) is 12.3. The maximum absolute atomic E-state index is 12.3. The zero-order chi connectivity index (χ0) is 12.4. The fourth-order valence-corrected chi connectivity index (χ4v) is 2.00. The van der Waals surface area contributed by atoms with Gasteiger partial charge in [-0.2, -0.15) is 5.10 Å². The highest BCUT2D eigenvalue weighted by atomic mass is 79.9. The minimum absolute atomic E-state index is 0.108. The Morgan fingerprint density at radius 1 is 1.47 bits per heavy atom. The summed E-state index contributed by atoms with van der Waals surface area (Å²) in [6.07, 6.45) is 1.62. The number of nitrogens with zero attached hydrogens (tertiary/aromatic N) is 2. The smallest absolute Gasteiger partial charge is 0.213 e. The molecule has 0 saturated heterocycles. The van der Waals surface area contributed by atoms with Gasteiger partial charge in [0.15, 0.2) is 0 Å². The molecular weight excluding hydrogens is 282 g/mol. The number of hydrogen-bond acceptors (Lipinski definition) is 3. The molecular formula is C12H12BrN3O. The SMILES string of the molecule is CCn1nccc1C(=O)c1cc(Br)ccc1N. The van der Waals surface area contributed by atoms with Gasteiger partial charge < -0.3 is 5.73 Å². The van der Waals surface area contributed by atoms with Gasteiger partial charge in [-0.25, -0.2) is 0 Å². The molecule has 0 unspecified atom stereocenters. The van der Waals surface area contributed by atoms with E-state index in [4.69, 9.17) is 5.73 Å². The lowest BCUT2D eigenvalue weighted by atomic mass is 10.1. The van der Waals surface area contributed by atoms with Crippen LogP contribution in [0.2, 0.25) is 0 Å². The van der Waals surface area contributed by atoms with Crippen molar-refractivity contribution in [3.8, 4) is 0 Å². The molecule has 0 amide bonds. The Balaban J connectivity index is 2.47. The van der Waals surface area contributed by atoms with Gasteiger partial charge >= 0.3 is 0 Å². The Morgan fingerprint density at radius 2 is 2.24 bits per heavy atom. The van der Waals surface area contributed by atoms with E-state index in [1.54, 1.807) is 29.1 Å². The van der Waals surface area contributed by atoms with Crippen LogP contribution in [0.4, 0.5) is 5.69 Å². The predicted octanol–water partition coefficient (Wildman–Crippen LogP) is 2.48. The normalized spacial score (nSPS) is 10.5. The maximum Gasteiger partial charge on any atom is 0.213 e. The Hall–Kier alpha value is -1.62. The van der Waals surface area contributed by atoms with Gasteiger partial charge in [-0.05, 0) is 31.2 Å². The number of ketones is 1. The fourth-order valence-electron chi connectivity index (χ4n) is 1.64. The first-order valence-electron chi connectivity index (χ1n) is 5.25. The summed E-state index contributed by atoms with van der Waals surface area (Å²) >= 11 is 3.33. The molecule has 0 radical (unpaired) electrons. The van der Waals surface area contributed by atoms with Crippen molar-refractivity contribution >= 4 is 27.4 Å². The molecule has 5 heteroatoms. The van der Waals surface area contributed by atoms with Crippen LogP contribution in [0.5, 0.6) is 0 Å². The molecule has 2 aromatic rings. The van der Waals surface area contributed by atoms with Crippen LogP contribution < -0.4 is 5.73 Å². The second-order valence-corrected chi connectivity index (χ2v) is 4.51. The van der Waals surface area contributed by atoms with Crippen molar-refractivity contribution in [2.45, 2.75) is 13.5 Å². The van der Waals surface area contributed by atoms with Crippen molar-refractivity contribution in [1.82, 2.24) is 9.78 Å². The molecule has 88 valence electrons. The lowest BCUT2D eigenvalue weighted by Gasteiger charge is -2.07. The van der Waals surface area contributed by atoms with E-state index in [0.29, 0.717) is 23.5 Å². The Kier molecular flexibility index (Phi) is 3.28. The number of nitrogens with two attached hydrogens (primary N) is 1. The molecule has 0 bridgehead atoms. The average Bonchev–Trinajstić information content (AvgIpc) is 2.79. The van der Waals surface area contributed by atoms with Crippen LogP contribution in [-0.2, 0) is 6.54 Å². The first-order valence-corrected chi connectivity index (χ1v) is 6.04. The summed E-state index contributed by atoms with van der Waals surface area (Å²) in [6, 6.07) is 6.95. The number of carbonyl (C=O) groups is 1. The van der Waals surface area contributed by atoms with E-state index >= 15 is 0 Å². The molecule has 0 atom stereocenters. The van der Waals surface area contributed by atoms with Gasteiger partial charge in [0.1, 0.15) is 5.69 Å². The van der Waals surface area contributed by atoms with Crippen LogP contribution in [0.3, 0.4) is 0 Å². The first kappa shape index (κ1) is 11.9. The van der Waals surface area contributed by atoms with Gasteiger partial charge in [-0.3, -0.25) is 9.48 Å². The molecule has 1 aromatic carbocycles. The number of aryl methyl sites for hydroxylation is 1. The number of anilines is 1. The summed E-state index contributed by atoms with van der Waals surface area (Å²) in [5.41, 5.74) is 7.34. The maximum atomic E-state index is 12.3. The summed E-state index contributed by atoms with van der Waals surface area (Å²) in [6.45, 7) is 2.59. The largest absolute Gasteiger partial charge is 0.398 e. The lowest BCUT2D eigenvalue weighted by Crippen LogP contribution is -2.12. The second-order valence-electron chi connectivity index (χ2n) is 3.59. The van der Waals surface area contributed by atoms with Gasteiger partial charge in [0.05, 0.1) is 0 Å². The summed E-state index contributed by atoms with van der Waals surface area (Å²) in [5, 5.41) is 4.08. The molecule has 17 heavy (non-hydrogen) atoms. The second kappa shape index (κ2) is 4.71. The average molecular weight is 294 g/mol. The van der Waals surface area contributed by atoms with Crippen LogP contribution in [0, 0.1) is 0 Å². The molecule has 0 aliphatic rings. The van der Waals surface area contributed by atoms with Gasteiger partial charge in [0.2, 0.25) is 5.78 Å². The van der Waals surface area contributed by atoms with E-state index in [-0.39, 0.29) is 5.78 Å². The third kappa shape index (κ3) is 2.24. The number of carbonyl (C=O) groups excluding carboxylic acids is 1. The number of nitrogen functional groups attached to an aromatic ring is 1. The molecule has 0 fully saturated rings. The van der Waals surface area contributed by atoms with Gasteiger partial charge in [0, 0.05) is 28.5 Å². The topological polar surface area (TPSA) is 60.9 Å². The van der Waals surface area contributed by atoms with E-state index in [2.05, 4.69) is 21.0 Å². The van der Waals surface area contributed by atoms with Crippen molar-refractivity contribution in [3.05, 3.63) is 46.2 Å². The van der Waals surface area contributed by atoms with Gasteiger partial charge in [-0.1, -0.05) is 15.9 Å². The van der Waals surface area contributed by atoms with E-state index in [1.807, 2.05) is 13.0 Å². The van der Waals surface area contributed by atoms with Crippen LogP contribution >= 0.6 is 15.9 Å². The van der Waals surface area contributed by atoms with E-state index in [1.165, 1.54) is 0 Å². The lowest BCUT2D eigenvalue weighted by molar-refractivity contribution is 0.103. The van der Waals surface area contributed by atoms with Crippen molar-refractivity contribution in [2.24, 2.45) is 0 Å². The predicted molar refractivity (Wildman–Crippen MR) is 69.9 cm³/mol. The minimum Gasteiger partial charge on any atom is -0.398 e. The molecule has 1 heterocycles. The highest BCUT2D eigenvalue weighted by Gasteiger charge is 2.16. The van der Waals surface area contributed by atoms with Crippen LogP contribution in [-0.4, -0.2) is 15.6 Å². The van der Waals surface area contributed by atoms with E-state index in [0.717, 1.165) is 4.47 Å². The molecule has 0 aliphatic carbocycles. The van der Waals surface area contributed by atoms with Gasteiger partial charge in [-0.15, -0.1) is 0 Å². The summed E-state index contributed by atoms with van der Waals surface area (Å²) < 4.78 is 2.49. The molecule has 2 rings (SSSR count). The molecule has 0 spiro atoms. The zero-order valence-corrected chi connectivity index (χ0v) is 10.9. The fraction of sp³-hybridized carbons (Fsp3) is 0.167.